The molecule has 5 nitrogen and oxygen atoms in total. The normalized spacial score (nSPS) is 11.6. The number of nitrogens with two attached hydrogens (primary N) is 1. The van der Waals surface area contributed by atoms with Gasteiger partial charge in [0.1, 0.15) is 5.69 Å². The average molecular weight is 252 g/mol. The highest BCUT2D eigenvalue weighted by Gasteiger charge is 2.19. The highest BCUT2D eigenvalue weighted by Crippen LogP contribution is 2.20. The predicted octanol–water partition coefficient (Wildman–Crippen LogP) is 1.22. The third-order valence-corrected chi connectivity index (χ3v) is 3.02. The highest BCUT2D eigenvalue weighted by atomic mass is 16.2. The van der Waals surface area contributed by atoms with Crippen LogP contribution in [0.4, 0.5) is 0 Å². The molecule has 0 aliphatic carbocycles. The first-order chi connectivity index (χ1) is 8.35. The van der Waals surface area contributed by atoms with Crippen LogP contribution < -0.4 is 11.1 Å². The van der Waals surface area contributed by atoms with E-state index < -0.39 is 0 Å². The summed E-state index contributed by atoms with van der Waals surface area (Å²) in [4.78, 5) is 12.0. The zero-order valence-electron chi connectivity index (χ0n) is 11.8. The molecule has 5 heteroatoms. The van der Waals surface area contributed by atoms with E-state index in [1.165, 1.54) is 0 Å². The minimum atomic E-state index is -0.0704. The number of aromatic nitrogens is 2. The Labute approximate surface area is 109 Å². The SMILES string of the molecule is Cc1cc(C(=O)NCC(C)(C)CCCN)n(C)n1. The van der Waals surface area contributed by atoms with Crippen LogP contribution in [0.3, 0.4) is 0 Å². The van der Waals surface area contributed by atoms with Crippen molar-refractivity contribution in [2.45, 2.75) is 33.6 Å². The molecule has 0 aliphatic rings. The van der Waals surface area contributed by atoms with Crippen LogP contribution in [-0.2, 0) is 7.05 Å². The molecule has 1 amide bonds. The lowest BCUT2D eigenvalue weighted by Crippen LogP contribution is -2.35. The topological polar surface area (TPSA) is 72.9 Å². The van der Waals surface area contributed by atoms with E-state index in [1.807, 2.05) is 6.92 Å². The van der Waals surface area contributed by atoms with Crippen molar-refractivity contribution in [1.82, 2.24) is 15.1 Å². The zero-order valence-corrected chi connectivity index (χ0v) is 11.8. The Hall–Kier alpha value is -1.36. The largest absolute Gasteiger partial charge is 0.350 e. The number of carbonyl (C=O) groups excluding carboxylic acids is 1. The van der Waals surface area contributed by atoms with Crippen LogP contribution in [-0.4, -0.2) is 28.8 Å². The Morgan fingerprint density at radius 3 is 2.72 bits per heavy atom. The molecule has 0 saturated heterocycles. The van der Waals surface area contributed by atoms with Gasteiger partial charge in [-0.05, 0) is 37.8 Å². The molecular formula is C13H24N4O. The molecule has 3 N–H and O–H groups in total. The molecule has 0 unspecified atom stereocenters. The number of nitrogens with zero attached hydrogens (tertiary/aromatic N) is 2. The van der Waals surface area contributed by atoms with Gasteiger partial charge in [-0.3, -0.25) is 9.48 Å². The van der Waals surface area contributed by atoms with Gasteiger partial charge >= 0.3 is 0 Å². The molecule has 1 aromatic rings. The number of hydrogen-bond acceptors (Lipinski definition) is 3. The minimum Gasteiger partial charge on any atom is -0.350 e. The van der Waals surface area contributed by atoms with Gasteiger partial charge < -0.3 is 11.1 Å². The Bertz CT molecular complexity index is 409. The molecule has 0 aromatic carbocycles. The van der Waals surface area contributed by atoms with Crippen LogP contribution in [0.5, 0.6) is 0 Å². The number of carbonyl (C=O) groups is 1. The second-order valence-electron chi connectivity index (χ2n) is 5.53. The van der Waals surface area contributed by atoms with Crippen LogP contribution in [0.15, 0.2) is 6.07 Å². The molecule has 1 heterocycles. The van der Waals surface area contributed by atoms with Crippen molar-refractivity contribution in [2.24, 2.45) is 18.2 Å². The van der Waals surface area contributed by atoms with E-state index in [0.29, 0.717) is 18.8 Å². The van der Waals surface area contributed by atoms with E-state index in [-0.39, 0.29) is 11.3 Å². The summed E-state index contributed by atoms with van der Waals surface area (Å²) in [6.07, 6.45) is 1.99. The summed E-state index contributed by atoms with van der Waals surface area (Å²) < 4.78 is 1.61. The number of rotatable bonds is 6. The molecule has 0 atom stereocenters. The van der Waals surface area contributed by atoms with Crippen molar-refractivity contribution < 1.29 is 4.79 Å². The fraction of sp³-hybridized carbons (Fsp3) is 0.692. The maximum absolute atomic E-state index is 12.0. The molecule has 1 aromatic heterocycles. The number of hydrogen-bond donors (Lipinski definition) is 2. The summed E-state index contributed by atoms with van der Waals surface area (Å²) >= 11 is 0. The average Bonchev–Trinajstić information content (AvgIpc) is 2.63. The zero-order chi connectivity index (χ0) is 13.8. The molecule has 0 fully saturated rings. The van der Waals surface area contributed by atoms with E-state index in [1.54, 1.807) is 17.8 Å². The standard InChI is InChI=1S/C13H24N4O/c1-10-8-11(17(4)16-10)12(18)15-9-13(2,3)6-5-7-14/h8H,5-7,9,14H2,1-4H3,(H,15,18). The molecular weight excluding hydrogens is 228 g/mol. The predicted molar refractivity (Wildman–Crippen MR) is 72.3 cm³/mol. The van der Waals surface area contributed by atoms with Gasteiger partial charge in [-0.15, -0.1) is 0 Å². The molecule has 0 bridgehead atoms. The number of amides is 1. The van der Waals surface area contributed by atoms with Crippen molar-refractivity contribution in [3.8, 4) is 0 Å². The lowest BCUT2D eigenvalue weighted by molar-refractivity contribution is 0.0925. The minimum absolute atomic E-state index is 0.0704. The molecule has 18 heavy (non-hydrogen) atoms. The maximum atomic E-state index is 12.0. The van der Waals surface area contributed by atoms with Gasteiger partial charge in [-0.25, -0.2) is 0 Å². The first-order valence-electron chi connectivity index (χ1n) is 6.34. The Morgan fingerprint density at radius 1 is 1.56 bits per heavy atom. The lowest BCUT2D eigenvalue weighted by atomic mass is 9.88. The third kappa shape index (κ3) is 4.14. The van der Waals surface area contributed by atoms with Gasteiger partial charge in [0.2, 0.25) is 0 Å². The first kappa shape index (κ1) is 14.7. The van der Waals surface area contributed by atoms with Crippen LogP contribution in [0, 0.1) is 12.3 Å². The van der Waals surface area contributed by atoms with Gasteiger partial charge in [0.05, 0.1) is 5.69 Å². The molecule has 1 rings (SSSR count). The molecule has 0 aliphatic heterocycles. The van der Waals surface area contributed by atoms with Gasteiger partial charge in [-0.2, -0.15) is 5.10 Å². The van der Waals surface area contributed by atoms with E-state index in [9.17, 15) is 4.79 Å². The molecule has 102 valence electrons. The van der Waals surface area contributed by atoms with E-state index in [4.69, 9.17) is 5.73 Å². The summed E-state index contributed by atoms with van der Waals surface area (Å²) in [6.45, 7) is 7.49. The van der Waals surface area contributed by atoms with Crippen LogP contribution in [0.1, 0.15) is 42.9 Å². The fourth-order valence-electron chi connectivity index (χ4n) is 1.90. The first-order valence-corrected chi connectivity index (χ1v) is 6.34. The van der Waals surface area contributed by atoms with Crippen molar-refractivity contribution in [1.29, 1.82) is 0 Å². The summed E-state index contributed by atoms with van der Waals surface area (Å²) in [7, 11) is 1.78. The van der Waals surface area contributed by atoms with Gasteiger partial charge in [0, 0.05) is 13.6 Å². The summed E-state index contributed by atoms with van der Waals surface area (Å²) in [5, 5.41) is 7.13. The Kier molecular flexibility index (Phi) is 4.90. The van der Waals surface area contributed by atoms with Gasteiger partial charge in [0.25, 0.3) is 5.91 Å². The highest BCUT2D eigenvalue weighted by molar-refractivity contribution is 5.92. The van der Waals surface area contributed by atoms with Crippen LogP contribution >= 0.6 is 0 Å². The Morgan fingerprint density at radius 2 is 2.22 bits per heavy atom. The van der Waals surface area contributed by atoms with E-state index in [0.717, 1.165) is 18.5 Å². The number of nitrogens with one attached hydrogen (secondary N) is 1. The molecule has 0 spiro atoms. The summed E-state index contributed by atoms with van der Waals surface area (Å²) in [5.74, 6) is -0.0704. The van der Waals surface area contributed by atoms with Crippen molar-refractivity contribution >= 4 is 5.91 Å². The molecule has 0 saturated carbocycles. The number of aryl methyl sites for hydroxylation is 2. The quantitative estimate of drug-likeness (QED) is 0.799. The summed E-state index contributed by atoms with van der Waals surface area (Å²) in [6, 6.07) is 1.79. The summed E-state index contributed by atoms with van der Waals surface area (Å²) in [5.41, 5.74) is 7.03. The van der Waals surface area contributed by atoms with Crippen LogP contribution in [0.2, 0.25) is 0 Å². The fourth-order valence-corrected chi connectivity index (χ4v) is 1.90. The van der Waals surface area contributed by atoms with Crippen molar-refractivity contribution in [3.63, 3.8) is 0 Å². The van der Waals surface area contributed by atoms with Crippen molar-refractivity contribution in [2.75, 3.05) is 13.1 Å². The Balaban J connectivity index is 2.53. The smallest absolute Gasteiger partial charge is 0.269 e. The molecule has 0 radical (unpaired) electrons. The van der Waals surface area contributed by atoms with Gasteiger partial charge in [0.15, 0.2) is 0 Å². The van der Waals surface area contributed by atoms with E-state index in [2.05, 4.69) is 24.3 Å². The lowest BCUT2D eigenvalue weighted by Gasteiger charge is -2.24. The monoisotopic (exact) mass is 252 g/mol. The van der Waals surface area contributed by atoms with Crippen LogP contribution in [0.25, 0.3) is 0 Å². The van der Waals surface area contributed by atoms with Crippen molar-refractivity contribution in [3.05, 3.63) is 17.5 Å². The second-order valence-corrected chi connectivity index (χ2v) is 5.53. The third-order valence-electron chi connectivity index (χ3n) is 3.02. The van der Waals surface area contributed by atoms with Gasteiger partial charge in [-0.1, -0.05) is 13.8 Å². The van der Waals surface area contributed by atoms with E-state index >= 15 is 0 Å². The second kappa shape index (κ2) is 6.00. The maximum Gasteiger partial charge on any atom is 0.269 e.